The van der Waals surface area contributed by atoms with Crippen molar-refractivity contribution in [2.45, 2.75) is 13.5 Å². The predicted molar refractivity (Wildman–Crippen MR) is 128 cm³/mol. The van der Waals surface area contributed by atoms with Gasteiger partial charge in [0.05, 0.1) is 0 Å². The third-order valence-corrected chi connectivity index (χ3v) is 5.39. The molecule has 0 atom stereocenters. The first-order valence-corrected chi connectivity index (χ1v) is 10.5. The summed E-state index contributed by atoms with van der Waals surface area (Å²) in [6, 6.07) is 21.8. The lowest BCUT2D eigenvalue weighted by Gasteiger charge is -2.09. The van der Waals surface area contributed by atoms with Crippen LogP contribution < -0.4 is 9.14 Å². The summed E-state index contributed by atoms with van der Waals surface area (Å²) >= 11 is 0. The van der Waals surface area contributed by atoms with E-state index < -0.39 is 11.6 Å². The van der Waals surface area contributed by atoms with Crippen molar-refractivity contribution < 1.29 is 19.9 Å². The monoisotopic (exact) mass is 437 g/mol. The minimum absolute atomic E-state index is 0.0712. The molecule has 4 rings (SSSR count). The molecule has 6 nitrogen and oxygen atoms in total. The molecule has 0 aliphatic heterocycles. The zero-order chi connectivity index (χ0) is 23.4. The van der Waals surface area contributed by atoms with Gasteiger partial charge in [0.1, 0.15) is 11.6 Å². The van der Waals surface area contributed by atoms with Crippen LogP contribution in [0, 0.1) is 11.3 Å². The quantitative estimate of drug-likeness (QED) is 0.525. The number of nitrogens with zero attached hydrogens (tertiary/aromatic N) is 3. The molecule has 0 saturated carbocycles. The number of rotatable bonds is 4. The third kappa shape index (κ3) is 4.12. The summed E-state index contributed by atoms with van der Waals surface area (Å²) in [5, 5.41) is 40.5. The first-order chi connectivity index (χ1) is 16.0. The third-order valence-electron chi connectivity index (χ3n) is 5.39. The van der Waals surface area contributed by atoms with Crippen molar-refractivity contribution in [1.29, 1.82) is 5.26 Å². The second kappa shape index (κ2) is 9.25. The van der Waals surface area contributed by atoms with Crippen molar-refractivity contribution in [2.75, 3.05) is 0 Å². The van der Waals surface area contributed by atoms with E-state index in [9.17, 15) is 20.6 Å². The van der Waals surface area contributed by atoms with E-state index in [0.29, 0.717) is 5.57 Å². The minimum Gasteiger partial charge on any atom is -0.505 e. The highest BCUT2D eigenvalue weighted by Gasteiger charge is 2.29. The van der Waals surface area contributed by atoms with Crippen molar-refractivity contribution in [3.8, 4) is 23.6 Å². The van der Waals surface area contributed by atoms with Gasteiger partial charge in [-0.1, -0.05) is 36.4 Å². The highest BCUT2D eigenvalue weighted by molar-refractivity contribution is 6.09. The average molecular weight is 437 g/mol. The topological polar surface area (TPSA) is 91.4 Å². The highest BCUT2D eigenvalue weighted by Crippen LogP contribution is 2.35. The highest BCUT2D eigenvalue weighted by atomic mass is 16.3. The summed E-state index contributed by atoms with van der Waals surface area (Å²) < 4.78 is 3.29. The molecule has 3 N–H and O–H groups in total. The second-order valence-electron chi connectivity index (χ2n) is 7.38. The minimum atomic E-state index is -0.469. The standard InChI is InChI=1S/C27H21N3O3/c1-2-29-26(32)23(25(31)24(18-28)27(29)33)17-19-13-15-22(16-14-19)30(20-9-5-3-6-10-20)21-11-7-4-8-12-21/h3-17H,2H2,1H3,(H,31,33)/p+2. The van der Waals surface area contributed by atoms with Crippen LogP contribution >= 0.6 is 0 Å². The van der Waals surface area contributed by atoms with Crippen molar-refractivity contribution in [3.63, 3.8) is 0 Å². The molecule has 0 fully saturated rings. The molecule has 1 aromatic heterocycles. The largest absolute Gasteiger partial charge is 0.505 e. The van der Waals surface area contributed by atoms with Gasteiger partial charge >= 0.3 is 11.8 Å². The molecule has 33 heavy (non-hydrogen) atoms. The molecule has 0 amide bonds. The summed E-state index contributed by atoms with van der Waals surface area (Å²) in [6.45, 7) is 1.95. The Morgan fingerprint density at radius 1 is 0.848 bits per heavy atom. The zero-order valence-electron chi connectivity index (χ0n) is 18.1. The molecule has 162 valence electrons. The second-order valence-corrected chi connectivity index (χ2v) is 7.38. The Bertz CT molecular complexity index is 1300. The van der Waals surface area contributed by atoms with E-state index in [1.807, 2.05) is 85.0 Å². The molecule has 0 radical (unpaired) electrons. The van der Waals surface area contributed by atoms with Gasteiger partial charge in [0.25, 0.3) is 0 Å². The molecular formula is C27H23N3O3+2. The number of hydrogen-bond donors (Lipinski definition) is 3. The Morgan fingerprint density at radius 3 is 1.88 bits per heavy atom. The van der Waals surface area contributed by atoms with Crippen LogP contribution in [0.3, 0.4) is 0 Å². The molecule has 2 aromatic carbocycles. The van der Waals surface area contributed by atoms with Gasteiger partial charge in [-0.15, -0.1) is 4.57 Å². The number of hydrogen-bond acceptors (Lipinski definition) is 4. The van der Waals surface area contributed by atoms with Crippen LogP contribution in [0.15, 0.2) is 90.5 Å². The van der Waals surface area contributed by atoms with Crippen LogP contribution in [0.1, 0.15) is 18.1 Å². The van der Waals surface area contributed by atoms with Gasteiger partial charge in [-0.2, -0.15) is 9.84 Å². The Balaban J connectivity index is 1.80. The maximum Gasteiger partial charge on any atom is 0.390 e. The van der Waals surface area contributed by atoms with Crippen LogP contribution in [0.5, 0.6) is 17.5 Å². The van der Waals surface area contributed by atoms with E-state index in [2.05, 4.69) is 4.58 Å². The number of nitriles is 1. The summed E-state index contributed by atoms with van der Waals surface area (Å²) in [4.78, 5) is 0. The predicted octanol–water partition coefficient (Wildman–Crippen LogP) is 4.47. The van der Waals surface area contributed by atoms with Crippen LogP contribution in [0.2, 0.25) is 0 Å². The van der Waals surface area contributed by atoms with Crippen LogP contribution in [0.4, 0.5) is 11.4 Å². The number of pyridine rings is 1. The summed E-state index contributed by atoms with van der Waals surface area (Å²) in [5.74, 6) is -1.24. The number of allylic oxidation sites excluding steroid dienone is 5. The van der Waals surface area contributed by atoms with Crippen molar-refractivity contribution in [3.05, 3.63) is 102 Å². The van der Waals surface area contributed by atoms with Crippen molar-refractivity contribution in [2.24, 2.45) is 0 Å². The van der Waals surface area contributed by atoms with E-state index in [1.54, 1.807) is 19.1 Å². The van der Waals surface area contributed by atoms with Gasteiger partial charge in [0.2, 0.25) is 22.6 Å². The van der Waals surface area contributed by atoms with E-state index in [0.717, 1.165) is 17.1 Å². The number of para-hydroxylation sites is 2. The van der Waals surface area contributed by atoms with Gasteiger partial charge in [-0.25, -0.2) is 0 Å². The molecule has 3 aromatic rings. The summed E-state index contributed by atoms with van der Waals surface area (Å²) in [7, 11) is 0. The molecular weight excluding hydrogens is 414 g/mol. The molecule has 6 heteroatoms. The number of benzene rings is 2. The van der Waals surface area contributed by atoms with E-state index >= 15 is 0 Å². The van der Waals surface area contributed by atoms with Gasteiger partial charge in [-0.05, 0) is 30.7 Å². The van der Waals surface area contributed by atoms with Gasteiger partial charge in [-0.3, -0.25) is 0 Å². The van der Waals surface area contributed by atoms with Gasteiger partial charge < -0.3 is 15.3 Å². The normalized spacial score (nSPS) is 12.5. The first kappa shape index (κ1) is 21.6. The Kier molecular flexibility index (Phi) is 6.05. The lowest BCUT2D eigenvalue weighted by Crippen LogP contribution is -2.34. The zero-order valence-corrected chi connectivity index (χ0v) is 18.1. The number of aromatic hydroxyl groups is 3. The smallest absolute Gasteiger partial charge is 0.390 e. The average Bonchev–Trinajstić information content (AvgIpc) is 2.85. The fourth-order valence-corrected chi connectivity index (χ4v) is 3.75. The summed E-state index contributed by atoms with van der Waals surface area (Å²) in [6.07, 6.45) is 9.19. The SMILES string of the molecule is CC[n+]1c(O)c(C#N)c(O)c(C=C2C=CC(=[N+](c3ccccc3)c3ccccc3)C=C2)c1O. The number of aromatic nitrogens is 1. The van der Waals surface area contributed by atoms with Crippen LogP contribution in [0.25, 0.3) is 6.08 Å². The molecule has 1 aliphatic carbocycles. The molecule has 0 spiro atoms. The lowest BCUT2D eigenvalue weighted by atomic mass is 10.0. The maximum absolute atomic E-state index is 10.6. The van der Waals surface area contributed by atoms with Crippen LogP contribution in [-0.2, 0) is 6.54 Å². The molecule has 0 unspecified atom stereocenters. The van der Waals surface area contributed by atoms with E-state index in [1.165, 1.54) is 4.57 Å². The Labute approximate surface area is 191 Å². The van der Waals surface area contributed by atoms with Crippen molar-refractivity contribution in [1.82, 2.24) is 4.58 Å². The molecule has 1 heterocycles. The Hall–Kier alpha value is -4.63. The fraction of sp³-hybridized carbons (Fsp3) is 0.0741. The van der Waals surface area contributed by atoms with Gasteiger partial charge in [0, 0.05) is 36.4 Å². The summed E-state index contributed by atoms with van der Waals surface area (Å²) in [5.41, 5.74) is 3.46. The molecule has 1 aliphatic rings. The van der Waals surface area contributed by atoms with Gasteiger partial charge in [0.15, 0.2) is 12.3 Å². The fourth-order valence-electron chi connectivity index (χ4n) is 3.75. The molecule has 0 bridgehead atoms. The first-order valence-electron chi connectivity index (χ1n) is 10.5. The van der Waals surface area contributed by atoms with Crippen LogP contribution in [-0.4, -0.2) is 21.0 Å². The van der Waals surface area contributed by atoms with E-state index in [-0.39, 0.29) is 23.6 Å². The Morgan fingerprint density at radius 2 is 1.39 bits per heavy atom. The lowest BCUT2D eigenvalue weighted by molar-refractivity contribution is -0.704. The van der Waals surface area contributed by atoms with Crippen molar-refractivity contribution >= 4 is 23.2 Å². The molecule has 0 saturated heterocycles. The van der Waals surface area contributed by atoms with E-state index in [4.69, 9.17) is 0 Å². The maximum atomic E-state index is 10.6.